The Bertz CT molecular complexity index is 834. The van der Waals surface area contributed by atoms with E-state index in [0.717, 1.165) is 5.56 Å². The van der Waals surface area contributed by atoms with Crippen molar-refractivity contribution in [1.29, 1.82) is 0 Å². The van der Waals surface area contributed by atoms with Gasteiger partial charge in [-0.15, -0.1) is 11.3 Å². The van der Waals surface area contributed by atoms with Crippen molar-refractivity contribution in [2.45, 2.75) is 0 Å². The first-order valence-electron chi connectivity index (χ1n) is 6.21. The lowest BCUT2D eigenvalue weighted by molar-refractivity contribution is 0.0975. The van der Waals surface area contributed by atoms with Crippen LogP contribution in [0.4, 0.5) is 0 Å². The highest BCUT2D eigenvalue weighted by molar-refractivity contribution is 7.17. The SMILES string of the molecule is O=C1c2ncccc2C(=O)c2sc(-c3ccncc3)nc21. The Hall–Kier alpha value is -2.73. The second-order valence-corrected chi connectivity index (χ2v) is 5.49. The van der Waals surface area contributed by atoms with E-state index in [0.29, 0.717) is 15.4 Å². The molecule has 0 fully saturated rings. The maximum absolute atomic E-state index is 12.5. The van der Waals surface area contributed by atoms with Crippen LogP contribution in [0.5, 0.6) is 0 Å². The van der Waals surface area contributed by atoms with Crippen LogP contribution in [0.25, 0.3) is 10.6 Å². The molecular formula is C15H7N3O2S. The quantitative estimate of drug-likeness (QED) is 0.538. The van der Waals surface area contributed by atoms with Gasteiger partial charge in [0.25, 0.3) is 0 Å². The summed E-state index contributed by atoms with van der Waals surface area (Å²) in [7, 11) is 0. The van der Waals surface area contributed by atoms with E-state index in [1.807, 2.05) is 0 Å². The van der Waals surface area contributed by atoms with Crippen molar-refractivity contribution in [3.63, 3.8) is 0 Å². The summed E-state index contributed by atoms with van der Waals surface area (Å²) >= 11 is 1.23. The summed E-state index contributed by atoms with van der Waals surface area (Å²) in [5.74, 6) is -0.484. The first kappa shape index (κ1) is 12.0. The zero-order valence-corrected chi connectivity index (χ0v) is 11.4. The van der Waals surface area contributed by atoms with Gasteiger partial charge >= 0.3 is 0 Å². The molecule has 0 saturated heterocycles. The molecule has 0 spiro atoms. The number of pyridine rings is 2. The Morgan fingerprint density at radius 3 is 2.52 bits per heavy atom. The summed E-state index contributed by atoms with van der Waals surface area (Å²) in [5.41, 5.74) is 1.56. The van der Waals surface area contributed by atoms with Gasteiger partial charge in [-0.1, -0.05) is 0 Å². The molecule has 0 aliphatic heterocycles. The van der Waals surface area contributed by atoms with E-state index in [1.54, 1.807) is 36.7 Å². The molecule has 0 atom stereocenters. The second kappa shape index (κ2) is 4.39. The Morgan fingerprint density at radius 2 is 1.71 bits per heavy atom. The molecule has 1 aliphatic carbocycles. The van der Waals surface area contributed by atoms with E-state index in [2.05, 4.69) is 15.0 Å². The van der Waals surface area contributed by atoms with Gasteiger partial charge in [-0.05, 0) is 24.3 Å². The highest BCUT2D eigenvalue weighted by Crippen LogP contribution is 2.34. The third kappa shape index (κ3) is 1.73. The van der Waals surface area contributed by atoms with Crippen LogP contribution in [0.1, 0.15) is 31.4 Å². The largest absolute Gasteiger partial charge is 0.288 e. The molecule has 0 bridgehead atoms. The molecule has 100 valence electrons. The molecule has 0 unspecified atom stereocenters. The summed E-state index contributed by atoms with van der Waals surface area (Å²) in [6, 6.07) is 6.87. The summed E-state index contributed by atoms with van der Waals surface area (Å²) in [6.45, 7) is 0. The zero-order chi connectivity index (χ0) is 14.4. The minimum Gasteiger partial charge on any atom is -0.288 e. The summed E-state index contributed by atoms with van der Waals surface area (Å²) < 4.78 is 0. The molecule has 21 heavy (non-hydrogen) atoms. The Kier molecular flexibility index (Phi) is 2.52. The highest BCUT2D eigenvalue weighted by Gasteiger charge is 2.34. The van der Waals surface area contributed by atoms with Gasteiger partial charge in [0, 0.05) is 24.2 Å². The van der Waals surface area contributed by atoms with Crippen LogP contribution < -0.4 is 0 Å². The number of hydrogen-bond acceptors (Lipinski definition) is 6. The first-order chi connectivity index (χ1) is 10.3. The maximum Gasteiger partial charge on any atom is 0.232 e. The fourth-order valence-corrected chi connectivity index (χ4v) is 3.27. The summed E-state index contributed by atoms with van der Waals surface area (Å²) in [4.78, 5) is 37.6. The number of thiazole rings is 1. The van der Waals surface area contributed by atoms with Crippen LogP contribution in [0.2, 0.25) is 0 Å². The molecule has 3 heterocycles. The molecule has 0 saturated carbocycles. The Balaban J connectivity index is 1.92. The molecule has 3 aromatic heterocycles. The van der Waals surface area contributed by atoms with Crippen molar-refractivity contribution in [2.75, 3.05) is 0 Å². The molecule has 5 nitrogen and oxygen atoms in total. The normalized spacial score (nSPS) is 13.0. The first-order valence-corrected chi connectivity index (χ1v) is 7.03. The van der Waals surface area contributed by atoms with Crippen LogP contribution in [-0.4, -0.2) is 26.5 Å². The van der Waals surface area contributed by atoms with E-state index < -0.39 is 0 Å². The average molecular weight is 293 g/mol. The topological polar surface area (TPSA) is 72.8 Å². The van der Waals surface area contributed by atoms with Crippen LogP contribution in [0.15, 0.2) is 42.9 Å². The molecular weight excluding hydrogens is 286 g/mol. The third-order valence-electron chi connectivity index (χ3n) is 3.24. The van der Waals surface area contributed by atoms with E-state index in [1.165, 1.54) is 17.5 Å². The number of ketones is 2. The third-order valence-corrected chi connectivity index (χ3v) is 4.35. The van der Waals surface area contributed by atoms with Gasteiger partial charge in [0.15, 0.2) is 0 Å². The number of nitrogens with zero attached hydrogens (tertiary/aromatic N) is 3. The molecule has 1 aliphatic rings. The zero-order valence-electron chi connectivity index (χ0n) is 10.6. The molecule has 0 radical (unpaired) electrons. The van der Waals surface area contributed by atoms with Crippen molar-refractivity contribution in [1.82, 2.24) is 15.0 Å². The van der Waals surface area contributed by atoms with Crippen molar-refractivity contribution in [3.8, 4) is 10.6 Å². The lowest BCUT2D eigenvalue weighted by Crippen LogP contribution is -2.20. The molecule has 0 amide bonds. The van der Waals surface area contributed by atoms with Gasteiger partial charge in [0.1, 0.15) is 21.3 Å². The number of fused-ring (bicyclic) bond motifs is 2. The lowest BCUT2D eigenvalue weighted by Gasteiger charge is -2.10. The molecule has 4 rings (SSSR count). The van der Waals surface area contributed by atoms with Crippen molar-refractivity contribution in [2.24, 2.45) is 0 Å². The predicted molar refractivity (Wildman–Crippen MR) is 76.4 cm³/mol. The average Bonchev–Trinajstić information content (AvgIpc) is 2.99. The van der Waals surface area contributed by atoms with Crippen LogP contribution in [0.3, 0.4) is 0 Å². The van der Waals surface area contributed by atoms with Gasteiger partial charge in [0.2, 0.25) is 11.6 Å². The fourth-order valence-electron chi connectivity index (χ4n) is 2.25. The van der Waals surface area contributed by atoms with Crippen molar-refractivity contribution < 1.29 is 9.59 Å². The van der Waals surface area contributed by atoms with Crippen molar-refractivity contribution >= 4 is 22.9 Å². The molecule has 0 N–H and O–H groups in total. The molecule has 3 aromatic rings. The fraction of sp³-hybridized carbons (Fsp3) is 0. The number of hydrogen-bond donors (Lipinski definition) is 0. The van der Waals surface area contributed by atoms with Gasteiger partial charge in [0.05, 0.1) is 5.56 Å². The predicted octanol–water partition coefficient (Wildman–Crippen LogP) is 2.38. The van der Waals surface area contributed by atoms with E-state index >= 15 is 0 Å². The smallest absolute Gasteiger partial charge is 0.232 e. The van der Waals surface area contributed by atoms with Gasteiger partial charge in [-0.2, -0.15) is 0 Å². The number of aromatic nitrogens is 3. The minimum atomic E-state index is -0.295. The second-order valence-electron chi connectivity index (χ2n) is 4.49. The highest BCUT2D eigenvalue weighted by atomic mass is 32.1. The van der Waals surface area contributed by atoms with Crippen LogP contribution in [0, 0.1) is 0 Å². The number of carbonyl (C=O) groups excluding carboxylic acids is 2. The standard InChI is InChI=1S/C15H7N3O2S/c19-12-9-2-1-5-17-10(9)13(20)11-14(12)21-15(18-11)8-3-6-16-7-4-8/h1-7H. The van der Waals surface area contributed by atoms with E-state index in [9.17, 15) is 9.59 Å². The van der Waals surface area contributed by atoms with Gasteiger partial charge in [-0.25, -0.2) is 4.98 Å². The van der Waals surface area contributed by atoms with Gasteiger partial charge in [-0.3, -0.25) is 19.6 Å². The summed E-state index contributed by atoms with van der Waals surface area (Å²) in [5, 5.41) is 0.636. The monoisotopic (exact) mass is 293 g/mol. The molecule has 6 heteroatoms. The van der Waals surface area contributed by atoms with Crippen LogP contribution >= 0.6 is 11.3 Å². The van der Waals surface area contributed by atoms with Gasteiger partial charge < -0.3 is 0 Å². The number of carbonyl (C=O) groups is 2. The van der Waals surface area contributed by atoms with E-state index in [-0.39, 0.29) is 23.0 Å². The van der Waals surface area contributed by atoms with E-state index in [4.69, 9.17) is 0 Å². The lowest BCUT2D eigenvalue weighted by atomic mass is 9.96. The summed E-state index contributed by atoms with van der Waals surface area (Å²) in [6.07, 6.45) is 4.80. The Labute approximate surface area is 123 Å². The maximum atomic E-state index is 12.5. The number of rotatable bonds is 1. The minimum absolute atomic E-state index is 0.182. The van der Waals surface area contributed by atoms with Crippen LogP contribution in [-0.2, 0) is 0 Å². The Morgan fingerprint density at radius 1 is 0.905 bits per heavy atom. The van der Waals surface area contributed by atoms with Crippen molar-refractivity contribution in [3.05, 3.63) is 64.7 Å². The molecule has 0 aromatic carbocycles.